The van der Waals surface area contributed by atoms with Gasteiger partial charge >= 0.3 is 6.09 Å². The van der Waals surface area contributed by atoms with Crippen molar-refractivity contribution in [3.63, 3.8) is 0 Å². The number of nitrogens with zero attached hydrogens (tertiary/aromatic N) is 1. The fourth-order valence-corrected chi connectivity index (χ4v) is 2.33. The fraction of sp³-hybridized carbons (Fsp3) is 0.333. The minimum absolute atomic E-state index is 0.153. The van der Waals surface area contributed by atoms with Gasteiger partial charge in [-0.1, -0.05) is 43.3 Å². The second kappa shape index (κ2) is 8.90. The lowest BCUT2D eigenvalue weighted by Crippen LogP contribution is -2.48. The number of rotatable bonds is 7. The number of hydrogen-bond donors (Lipinski definition) is 2. The largest absolute Gasteiger partial charge is 0.445 e. The molecule has 2 atom stereocenters. The van der Waals surface area contributed by atoms with Gasteiger partial charge in [-0.25, -0.2) is 4.79 Å². The second-order valence-electron chi connectivity index (χ2n) is 5.41. The number of hydrogen-bond acceptors (Lipinski definition) is 4. The Balaban J connectivity index is 1.82. The molecule has 3 N–H and O–H groups in total. The molecular formula is C18H23N3O2. The number of nitrogens with one attached hydrogen (secondary N) is 1. The predicted molar refractivity (Wildman–Crippen MR) is 89.8 cm³/mol. The highest BCUT2D eigenvalue weighted by atomic mass is 16.5. The molecule has 2 rings (SSSR count). The summed E-state index contributed by atoms with van der Waals surface area (Å²) in [6.45, 7) is 2.24. The molecular weight excluding hydrogens is 290 g/mol. The molecule has 2 aromatic rings. The predicted octanol–water partition coefficient (Wildman–Crippen LogP) is 2.66. The van der Waals surface area contributed by atoms with Gasteiger partial charge in [0.1, 0.15) is 6.61 Å². The maximum absolute atomic E-state index is 11.9. The van der Waals surface area contributed by atoms with Crippen LogP contribution in [0.15, 0.2) is 54.7 Å². The third-order valence-electron chi connectivity index (χ3n) is 3.64. The van der Waals surface area contributed by atoms with Crippen molar-refractivity contribution in [2.75, 3.05) is 0 Å². The maximum atomic E-state index is 11.9. The summed E-state index contributed by atoms with van der Waals surface area (Å²) in [5, 5.41) is 2.84. The average Bonchev–Trinajstić information content (AvgIpc) is 2.59. The second-order valence-corrected chi connectivity index (χ2v) is 5.41. The highest BCUT2D eigenvalue weighted by molar-refractivity contribution is 5.67. The van der Waals surface area contributed by atoms with Crippen LogP contribution < -0.4 is 11.1 Å². The van der Waals surface area contributed by atoms with Gasteiger partial charge < -0.3 is 15.8 Å². The number of aromatic nitrogens is 1. The number of pyridine rings is 1. The van der Waals surface area contributed by atoms with Crippen LogP contribution in [0.4, 0.5) is 4.79 Å². The number of nitrogens with two attached hydrogens (primary N) is 1. The van der Waals surface area contributed by atoms with Gasteiger partial charge in [-0.05, 0) is 24.1 Å². The summed E-state index contributed by atoms with van der Waals surface area (Å²) in [4.78, 5) is 16.2. The van der Waals surface area contributed by atoms with Crippen molar-refractivity contribution in [3.8, 4) is 0 Å². The molecule has 0 saturated carbocycles. The molecule has 0 aliphatic carbocycles. The van der Waals surface area contributed by atoms with Crippen molar-refractivity contribution in [1.82, 2.24) is 10.3 Å². The first-order valence-corrected chi connectivity index (χ1v) is 7.81. The van der Waals surface area contributed by atoms with Crippen LogP contribution in [-0.2, 0) is 17.8 Å². The number of carbonyl (C=O) groups is 1. The molecule has 5 heteroatoms. The van der Waals surface area contributed by atoms with E-state index < -0.39 is 6.09 Å². The van der Waals surface area contributed by atoms with Crippen LogP contribution in [0, 0.1) is 0 Å². The highest BCUT2D eigenvalue weighted by Crippen LogP contribution is 2.06. The third-order valence-corrected chi connectivity index (χ3v) is 3.64. The van der Waals surface area contributed by atoms with Crippen LogP contribution in [0.1, 0.15) is 24.6 Å². The van der Waals surface area contributed by atoms with Gasteiger partial charge in [-0.15, -0.1) is 0 Å². The average molecular weight is 313 g/mol. The summed E-state index contributed by atoms with van der Waals surface area (Å²) < 4.78 is 5.24. The van der Waals surface area contributed by atoms with Crippen LogP contribution >= 0.6 is 0 Å². The minimum atomic E-state index is -0.447. The first-order valence-electron chi connectivity index (χ1n) is 7.81. The van der Waals surface area contributed by atoms with E-state index in [0.29, 0.717) is 6.42 Å². The van der Waals surface area contributed by atoms with Gasteiger partial charge in [0, 0.05) is 30.4 Å². The zero-order valence-corrected chi connectivity index (χ0v) is 13.3. The topological polar surface area (TPSA) is 77.2 Å². The molecule has 0 fully saturated rings. The van der Waals surface area contributed by atoms with Crippen molar-refractivity contribution < 1.29 is 9.53 Å². The maximum Gasteiger partial charge on any atom is 0.407 e. The molecule has 0 radical (unpaired) electrons. The number of carbonyl (C=O) groups excluding carboxylic acids is 1. The van der Waals surface area contributed by atoms with Crippen molar-refractivity contribution in [1.29, 1.82) is 0 Å². The van der Waals surface area contributed by atoms with E-state index in [9.17, 15) is 4.79 Å². The third kappa shape index (κ3) is 5.71. The summed E-state index contributed by atoms with van der Waals surface area (Å²) in [5.74, 6) is 0. The summed E-state index contributed by atoms with van der Waals surface area (Å²) in [5.41, 5.74) is 8.07. The van der Waals surface area contributed by atoms with Gasteiger partial charge in [0.15, 0.2) is 0 Å². The summed E-state index contributed by atoms with van der Waals surface area (Å²) in [6, 6.07) is 14.9. The van der Waals surface area contributed by atoms with Crippen LogP contribution in [0.5, 0.6) is 0 Å². The molecule has 23 heavy (non-hydrogen) atoms. The number of amides is 1. The van der Waals surface area contributed by atoms with Crippen molar-refractivity contribution in [3.05, 3.63) is 66.0 Å². The smallest absolute Gasteiger partial charge is 0.407 e. The van der Waals surface area contributed by atoms with E-state index in [1.165, 1.54) is 0 Å². The number of alkyl carbamates (subject to hydrolysis) is 1. The van der Waals surface area contributed by atoms with E-state index in [4.69, 9.17) is 10.5 Å². The first kappa shape index (κ1) is 17.0. The lowest BCUT2D eigenvalue weighted by molar-refractivity contribution is 0.133. The first-order chi connectivity index (χ1) is 11.2. The Bertz CT molecular complexity index is 590. The van der Waals surface area contributed by atoms with Crippen LogP contribution in [0.3, 0.4) is 0 Å². The lowest BCUT2D eigenvalue weighted by Gasteiger charge is -2.23. The van der Waals surface area contributed by atoms with Gasteiger partial charge in [-0.3, -0.25) is 4.98 Å². The number of benzene rings is 1. The standard InChI is InChI=1S/C18H23N3O2/c1-2-17(16(19)12-15-10-6-7-11-20-15)21-18(22)23-13-14-8-4-3-5-9-14/h3-11,16-17H,2,12-13,19H2,1H3,(H,21,22)/t16-,17+/m1/s1. The molecule has 1 aromatic carbocycles. The lowest BCUT2D eigenvalue weighted by atomic mass is 10.0. The zero-order chi connectivity index (χ0) is 16.5. The normalized spacial score (nSPS) is 13.1. The fourth-order valence-electron chi connectivity index (χ4n) is 2.33. The zero-order valence-electron chi connectivity index (χ0n) is 13.3. The van der Waals surface area contributed by atoms with Gasteiger partial charge in [0.05, 0.1) is 0 Å². The molecule has 0 aliphatic rings. The quantitative estimate of drug-likeness (QED) is 0.824. The van der Waals surface area contributed by atoms with Crippen molar-refractivity contribution in [2.24, 2.45) is 5.73 Å². The van der Waals surface area contributed by atoms with E-state index in [-0.39, 0.29) is 18.7 Å². The van der Waals surface area contributed by atoms with E-state index in [2.05, 4.69) is 10.3 Å². The Kier molecular flexibility index (Phi) is 6.56. The van der Waals surface area contributed by atoms with Gasteiger partial charge in [0.2, 0.25) is 0 Å². The van der Waals surface area contributed by atoms with E-state index in [0.717, 1.165) is 17.7 Å². The van der Waals surface area contributed by atoms with Gasteiger partial charge in [0.25, 0.3) is 0 Å². The van der Waals surface area contributed by atoms with Crippen molar-refractivity contribution >= 4 is 6.09 Å². The molecule has 5 nitrogen and oxygen atoms in total. The molecule has 0 aliphatic heterocycles. The Labute approximate surface area is 136 Å². The SMILES string of the molecule is CC[C@H](NC(=O)OCc1ccccc1)[C@H](N)Cc1ccccn1. The molecule has 0 unspecified atom stereocenters. The molecule has 1 amide bonds. The minimum Gasteiger partial charge on any atom is -0.445 e. The Morgan fingerprint density at radius 2 is 1.96 bits per heavy atom. The molecule has 0 bridgehead atoms. The monoisotopic (exact) mass is 313 g/mol. The molecule has 0 saturated heterocycles. The molecule has 1 heterocycles. The van der Waals surface area contributed by atoms with Crippen molar-refractivity contribution in [2.45, 2.75) is 38.5 Å². The van der Waals surface area contributed by atoms with Gasteiger partial charge in [-0.2, -0.15) is 0 Å². The van der Waals surface area contributed by atoms with Crippen LogP contribution in [0.25, 0.3) is 0 Å². The molecule has 1 aromatic heterocycles. The summed E-state index contributed by atoms with van der Waals surface area (Å²) >= 11 is 0. The number of ether oxygens (including phenoxy) is 1. The Morgan fingerprint density at radius 3 is 2.61 bits per heavy atom. The molecule has 122 valence electrons. The van der Waals surface area contributed by atoms with E-state index >= 15 is 0 Å². The van der Waals surface area contributed by atoms with Crippen LogP contribution in [0.2, 0.25) is 0 Å². The van der Waals surface area contributed by atoms with Crippen LogP contribution in [-0.4, -0.2) is 23.2 Å². The highest BCUT2D eigenvalue weighted by Gasteiger charge is 2.19. The molecule has 0 spiro atoms. The van der Waals surface area contributed by atoms with E-state index in [1.807, 2.05) is 55.5 Å². The Hall–Kier alpha value is -2.40. The summed E-state index contributed by atoms with van der Waals surface area (Å²) in [7, 11) is 0. The summed E-state index contributed by atoms with van der Waals surface area (Å²) in [6.07, 6.45) is 2.63. The van der Waals surface area contributed by atoms with E-state index in [1.54, 1.807) is 6.20 Å². The Morgan fingerprint density at radius 1 is 1.22 bits per heavy atom.